The Labute approximate surface area is 160 Å². The van der Waals surface area contributed by atoms with Gasteiger partial charge in [-0.05, 0) is 41.8 Å². The lowest BCUT2D eigenvalue weighted by Gasteiger charge is -2.32. The summed E-state index contributed by atoms with van der Waals surface area (Å²) in [7, 11) is -1.83. The average molecular weight is 381 g/mol. The molecule has 0 radical (unpaired) electrons. The molecule has 4 nitrogen and oxygen atoms in total. The van der Waals surface area contributed by atoms with E-state index < -0.39 is 10.0 Å². The first-order chi connectivity index (χ1) is 13.1. The number of sulfonamides is 1. The molecule has 0 amide bonds. The molecule has 0 aliphatic carbocycles. The van der Waals surface area contributed by atoms with E-state index in [-0.39, 0.29) is 0 Å². The molecule has 5 heteroatoms. The van der Waals surface area contributed by atoms with Gasteiger partial charge >= 0.3 is 0 Å². The second-order valence-corrected chi connectivity index (χ2v) is 8.80. The summed E-state index contributed by atoms with van der Waals surface area (Å²) in [6.07, 6.45) is 1.59. The van der Waals surface area contributed by atoms with Gasteiger partial charge < -0.3 is 4.74 Å². The molecule has 1 aliphatic heterocycles. The third-order valence-corrected chi connectivity index (χ3v) is 7.36. The standard InChI is InChI=1S/C22H23NO3S/c1-26-21-11-5-4-9-19(21)18-13-15-23(16-14-18)27(24,25)22-12-6-8-17-7-2-3-10-20(17)22/h2-12,18H,13-16H2,1H3. The van der Waals surface area contributed by atoms with Gasteiger partial charge in [-0.25, -0.2) is 8.42 Å². The van der Waals surface area contributed by atoms with E-state index in [1.54, 1.807) is 17.5 Å². The summed E-state index contributed by atoms with van der Waals surface area (Å²) in [5.74, 6) is 1.20. The van der Waals surface area contributed by atoms with E-state index in [9.17, 15) is 8.42 Å². The summed E-state index contributed by atoms with van der Waals surface area (Å²) in [6, 6.07) is 21.1. The Morgan fingerprint density at radius 1 is 0.889 bits per heavy atom. The molecule has 140 valence electrons. The summed E-state index contributed by atoms with van der Waals surface area (Å²) in [4.78, 5) is 0.399. The van der Waals surface area contributed by atoms with Crippen LogP contribution in [0.1, 0.15) is 24.3 Å². The number of hydrogen-bond acceptors (Lipinski definition) is 3. The summed E-state index contributed by atoms with van der Waals surface area (Å²) in [6.45, 7) is 1.04. The van der Waals surface area contributed by atoms with E-state index in [4.69, 9.17) is 4.74 Å². The van der Waals surface area contributed by atoms with Gasteiger partial charge in [0, 0.05) is 18.5 Å². The highest BCUT2D eigenvalue weighted by molar-refractivity contribution is 7.89. The van der Waals surface area contributed by atoms with Crippen molar-refractivity contribution in [3.05, 3.63) is 72.3 Å². The van der Waals surface area contributed by atoms with E-state index in [0.29, 0.717) is 23.9 Å². The second kappa shape index (κ2) is 7.33. The van der Waals surface area contributed by atoms with E-state index >= 15 is 0 Å². The predicted octanol–water partition coefficient (Wildman–Crippen LogP) is 4.42. The maximum absolute atomic E-state index is 13.3. The van der Waals surface area contributed by atoms with Gasteiger partial charge in [0.05, 0.1) is 12.0 Å². The molecule has 0 unspecified atom stereocenters. The van der Waals surface area contributed by atoms with Crippen LogP contribution in [-0.2, 0) is 10.0 Å². The van der Waals surface area contributed by atoms with Crippen molar-refractivity contribution in [2.24, 2.45) is 0 Å². The summed E-state index contributed by atoms with van der Waals surface area (Å²) < 4.78 is 33.6. The molecular formula is C22H23NO3S. The van der Waals surface area contributed by atoms with Crippen LogP contribution in [0.4, 0.5) is 0 Å². The fourth-order valence-electron chi connectivity index (χ4n) is 3.97. The van der Waals surface area contributed by atoms with Crippen LogP contribution < -0.4 is 4.74 Å². The van der Waals surface area contributed by atoms with Crippen LogP contribution in [0.15, 0.2) is 71.6 Å². The van der Waals surface area contributed by atoms with E-state index in [0.717, 1.165) is 29.4 Å². The molecule has 3 aromatic rings. The van der Waals surface area contributed by atoms with E-state index in [2.05, 4.69) is 6.07 Å². The maximum Gasteiger partial charge on any atom is 0.243 e. The fraction of sp³-hybridized carbons (Fsp3) is 0.273. The summed E-state index contributed by atoms with van der Waals surface area (Å²) >= 11 is 0. The highest BCUT2D eigenvalue weighted by Crippen LogP contribution is 2.36. The minimum atomic E-state index is -3.51. The Hall–Kier alpha value is -2.37. The molecule has 1 saturated heterocycles. The van der Waals surface area contributed by atoms with Crippen LogP contribution in [0.5, 0.6) is 5.75 Å². The van der Waals surface area contributed by atoms with Gasteiger partial charge in [-0.3, -0.25) is 0 Å². The first-order valence-electron chi connectivity index (χ1n) is 9.22. The number of para-hydroxylation sites is 1. The molecule has 1 heterocycles. The molecule has 27 heavy (non-hydrogen) atoms. The number of piperidine rings is 1. The molecule has 3 aromatic carbocycles. The normalized spacial score (nSPS) is 16.5. The summed E-state index contributed by atoms with van der Waals surface area (Å²) in [5, 5.41) is 1.73. The SMILES string of the molecule is COc1ccccc1C1CCN(S(=O)(=O)c2cccc3ccccc23)CC1. The number of fused-ring (bicyclic) bond motifs is 1. The zero-order valence-corrected chi connectivity index (χ0v) is 16.2. The quantitative estimate of drug-likeness (QED) is 0.672. The molecule has 0 atom stereocenters. The van der Waals surface area contributed by atoms with Crippen LogP contribution >= 0.6 is 0 Å². The monoisotopic (exact) mass is 381 g/mol. The minimum absolute atomic E-state index is 0.320. The van der Waals surface area contributed by atoms with Crippen molar-refractivity contribution in [3.63, 3.8) is 0 Å². The zero-order chi connectivity index (χ0) is 18.9. The van der Waals surface area contributed by atoms with Crippen molar-refractivity contribution in [3.8, 4) is 5.75 Å². The molecule has 0 saturated carbocycles. The van der Waals surface area contributed by atoms with Crippen molar-refractivity contribution in [2.45, 2.75) is 23.7 Å². The third-order valence-electron chi connectivity index (χ3n) is 5.40. The van der Waals surface area contributed by atoms with Gasteiger partial charge in [0.25, 0.3) is 0 Å². The maximum atomic E-state index is 13.3. The summed E-state index contributed by atoms with van der Waals surface area (Å²) in [5.41, 5.74) is 1.17. The van der Waals surface area contributed by atoms with Crippen molar-refractivity contribution in [1.82, 2.24) is 4.31 Å². The topological polar surface area (TPSA) is 46.6 Å². The highest BCUT2D eigenvalue weighted by atomic mass is 32.2. The minimum Gasteiger partial charge on any atom is -0.496 e. The largest absolute Gasteiger partial charge is 0.496 e. The van der Waals surface area contributed by atoms with Gasteiger partial charge in [-0.15, -0.1) is 0 Å². The van der Waals surface area contributed by atoms with Crippen LogP contribution in [0.3, 0.4) is 0 Å². The lowest BCUT2D eigenvalue weighted by molar-refractivity contribution is 0.313. The van der Waals surface area contributed by atoms with Crippen molar-refractivity contribution in [2.75, 3.05) is 20.2 Å². The van der Waals surface area contributed by atoms with Crippen molar-refractivity contribution >= 4 is 20.8 Å². The van der Waals surface area contributed by atoms with Gasteiger partial charge in [0.1, 0.15) is 5.75 Å². The van der Waals surface area contributed by atoms with Gasteiger partial charge in [0.2, 0.25) is 10.0 Å². The molecule has 0 spiro atoms. The number of ether oxygens (including phenoxy) is 1. The molecular weight excluding hydrogens is 358 g/mol. The first-order valence-corrected chi connectivity index (χ1v) is 10.7. The fourth-order valence-corrected chi connectivity index (χ4v) is 5.65. The number of benzene rings is 3. The number of hydrogen-bond donors (Lipinski definition) is 0. The van der Waals surface area contributed by atoms with E-state index in [1.165, 1.54) is 5.56 Å². The molecule has 4 rings (SSSR count). The Kier molecular flexibility index (Phi) is 4.89. The number of methoxy groups -OCH3 is 1. The van der Waals surface area contributed by atoms with E-state index in [1.807, 2.05) is 54.6 Å². The Morgan fingerprint density at radius 3 is 2.33 bits per heavy atom. The number of nitrogens with zero attached hydrogens (tertiary/aromatic N) is 1. The zero-order valence-electron chi connectivity index (χ0n) is 15.3. The Bertz CT molecular complexity index is 1050. The third kappa shape index (κ3) is 3.33. The lowest BCUT2D eigenvalue weighted by atomic mass is 9.89. The van der Waals surface area contributed by atoms with Gasteiger partial charge in [-0.1, -0.05) is 54.6 Å². The molecule has 1 fully saturated rings. The molecule has 1 aliphatic rings. The smallest absolute Gasteiger partial charge is 0.243 e. The predicted molar refractivity (Wildman–Crippen MR) is 108 cm³/mol. The van der Waals surface area contributed by atoms with Crippen molar-refractivity contribution < 1.29 is 13.2 Å². The van der Waals surface area contributed by atoms with Crippen LogP contribution in [0.25, 0.3) is 10.8 Å². The van der Waals surface area contributed by atoms with Crippen LogP contribution in [0, 0.1) is 0 Å². The van der Waals surface area contributed by atoms with Crippen LogP contribution in [-0.4, -0.2) is 32.9 Å². The average Bonchev–Trinajstić information content (AvgIpc) is 2.73. The Morgan fingerprint density at radius 2 is 1.56 bits per heavy atom. The highest BCUT2D eigenvalue weighted by Gasteiger charge is 2.31. The Balaban J connectivity index is 1.58. The second-order valence-electron chi connectivity index (χ2n) is 6.90. The number of rotatable bonds is 4. The van der Waals surface area contributed by atoms with Crippen LogP contribution in [0.2, 0.25) is 0 Å². The lowest BCUT2D eigenvalue weighted by Crippen LogP contribution is -2.38. The molecule has 0 aromatic heterocycles. The van der Waals surface area contributed by atoms with Crippen molar-refractivity contribution in [1.29, 1.82) is 0 Å². The molecule has 0 bridgehead atoms. The van der Waals surface area contributed by atoms with Gasteiger partial charge in [-0.2, -0.15) is 4.31 Å². The van der Waals surface area contributed by atoms with Gasteiger partial charge in [0.15, 0.2) is 0 Å². The molecule has 0 N–H and O–H groups in total. The first kappa shape index (κ1) is 18.0.